The van der Waals surface area contributed by atoms with Crippen molar-refractivity contribution in [2.75, 3.05) is 12.5 Å². The Morgan fingerprint density at radius 3 is 2.50 bits per heavy atom. The van der Waals surface area contributed by atoms with Crippen LogP contribution in [0, 0.1) is 5.92 Å². The van der Waals surface area contributed by atoms with Crippen LogP contribution >= 0.6 is 19.9 Å². The molecule has 0 heterocycles. The molecule has 2 heteroatoms. The summed E-state index contributed by atoms with van der Waals surface area (Å²) in [4.78, 5) is 0. The summed E-state index contributed by atoms with van der Waals surface area (Å²) in [6, 6.07) is 8.74. The molecule has 0 aromatic heterocycles. The minimum Gasteiger partial charge on any atom is -0.158 e. The Hall–Kier alpha value is -0.400. The van der Waals surface area contributed by atoms with E-state index in [0.29, 0.717) is 5.25 Å². The van der Waals surface area contributed by atoms with Gasteiger partial charge in [0.1, 0.15) is 0 Å². The number of fused-ring (bicyclic) bond motifs is 1. The first-order chi connectivity index (χ1) is 7.57. The van der Waals surface area contributed by atoms with Gasteiger partial charge in [0.15, 0.2) is 0 Å². The number of hydrogen-bond acceptors (Lipinski definition) is 0. The Morgan fingerprint density at radius 1 is 1.19 bits per heavy atom. The highest BCUT2D eigenvalue weighted by Crippen LogP contribution is 2.67. The van der Waals surface area contributed by atoms with Crippen molar-refractivity contribution >= 4 is 26.0 Å². The average molecular weight is 253 g/mol. The van der Waals surface area contributed by atoms with E-state index < -0.39 is 9.24 Å². The molecule has 1 atom stereocenters. The second kappa shape index (κ2) is 3.54. The largest absolute Gasteiger partial charge is 0.158 e. The number of rotatable bonds is 2. The van der Waals surface area contributed by atoms with Gasteiger partial charge in [-0.15, -0.1) is 0 Å². The Morgan fingerprint density at radius 2 is 1.88 bits per heavy atom. The Labute approximate surface area is 104 Å². The topological polar surface area (TPSA) is 0 Å². The second-order valence-corrected chi connectivity index (χ2v) is 10.6. The third-order valence-corrected chi connectivity index (χ3v) is 5.69. The fourth-order valence-electron chi connectivity index (χ4n) is 2.69. The lowest BCUT2D eigenvalue weighted by Crippen LogP contribution is -2.05. The van der Waals surface area contributed by atoms with E-state index >= 15 is 0 Å². The first-order valence-corrected chi connectivity index (χ1v) is 9.13. The van der Waals surface area contributed by atoms with E-state index in [-0.39, 0.29) is 0 Å². The Bertz CT molecular complexity index is 452. The lowest BCUT2D eigenvalue weighted by atomic mass is 10.1. The predicted octanol–water partition coefficient (Wildman–Crippen LogP) is 4.75. The quantitative estimate of drug-likeness (QED) is 0.712. The van der Waals surface area contributed by atoms with Crippen LogP contribution in [-0.2, 0) is 0 Å². The maximum atomic E-state index is 6.68. The van der Waals surface area contributed by atoms with E-state index in [0.717, 1.165) is 5.92 Å². The zero-order valence-electron chi connectivity index (χ0n) is 9.74. The first kappa shape index (κ1) is 10.7. The van der Waals surface area contributed by atoms with E-state index in [2.05, 4.69) is 42.9 Å². The highest BCUT2D eigenvalue weighted by atomic mass is 35.7. The molecule has 0 bridgehead atoms. The number of benzene rings is 1. The van der Waals surface area contributed by atoms with Gasteiger partial charge in [0.25, 0.3) is 0 Å². The predicted molar refractivity (Wildman–Crippen MR) is 75.2 cm³/mol. The van der Waals surface area contributed by atoms with E-state index in [1.54, 1.807) is 5.57 Å². The van der Waals surface area contributed by atoms with Crippen LogP contribution in [0.15, 0.2) is 29.8 Å². The van der Waals surface area contributed by atoms with Gasteiger partial charge in [-0.3, -0.25) is 0 Å². The highest BCUT2D eigenvalue weighted by molar-refractivity contribution is 8.50. The second-order valence-electron chi connectivity index (χ2n) is 5.20. The molecule has 0 aliphatic heterocycles. The van der Waals surface area contributed by atoms with E-state index in [4.69, 9.17) is 10.7 Å². The van der Waals surface area contributed by atoms with E-state index in [1.165, 1.54) is 24.0 Å². The van der Waals surface area contributed by atoms with Crippen molar-refractivity contribution in [2.45, 2.75) is 18.1 Å². The summed E-state index contributed by atoms with van der Waals surface area (Å²) in [7, 11) is 5.61. The molecule has 1 fully saturated rings. The third-order valence-electron chi connectivity index (χ3n) is 3.51. The molecule has 1 aromatic carbocycles. The van der Waals surface area contributed by atoms with Gasteiger partial charge in [-0.25, -0.2) is 0 Å². The fourth-order valence-corrected chi connectivity index (χ4v) is 5.01. The number of halogens is 1. The van der Waals surface area contributed by atoms with Gasteiger partial charge in [-0.2, -0.15) is 9.24 Å². The first-order valence-electron chi connectivity index (χ1n) is 5.79. The summed E-state index contributed by atoms with van der Waals surface area (Å²) < 4.78 is 0. The smallest absolute Gasteiger partial charge is 0.0480 e. The molecule has 0 spiro atoms. The van der Waals surface area contributed by atoms with Gasteiger partial charge < -0.3 is 0 Å². The van der Waals surface area contributed by atoms with Crippen LogP contribution in [0.3, 0.4) is 0 Å². The van der Waals surface area contributed by atoms with Crippen molar-refractivity contribution in [3.05, 3.63) is 41.0 Å². The van der Waals surface area contributed by atoms with Crippen molar-refractivity contribution in [3.8, 4) is 0 Å². The maximum Gasteiger partial charge on any atom is 0.0480 e. The molecule has 0 nitrogen and oxygen atoms in total. The standard InChI is InChI=1S/C14H17ClS/c1-16(2,15)14-12-6-4-3-5-11(12)9-13(14)10-7-8-10/h3-6,9-10,14H,7-8H2,1-2H3. The van der Waals surface area contributed by atoms with Crippen LogP contribution in [0.2, 0.25) is 0 Å². The van der Waals surface area contributed by atoms with Gasteiger partial charge in [0.05, 0.1) is 0 Å². The van der Waals surface area contributed by atoms with Crippen molar-refractivity contribution in [2.24, 2.45) is 5.92 Å². The van der Waals surface area contributed by atoms with E-state index in [1.807, 2.05) is 0 Å². The van der Waals surface area contributed by atoms with Crippen molar-refractivity contribution < 1.29 is 0 Å². The maximum absolute atomic E-state index is 6.68. The van der Waals surface area contributed by atoms with Crippen LogP contribution in [0.25, 0.3) is 6.08 Å². The summed E-state index contributed by atoms with van der Waals surface area (Å²) in [5.74, 6) is 0.822. The average Bonchev–Trinajstić information content (AvgIpc) is 2.96. The fraction of sp³-hybridized carbons (Fsp3) is 0.429. The molecule has 2 aliphatic rings. The molecule has 1 saturated carbocycles. The number of hydrogen-bond donors (Lipinski definition) is 0. The van der Waals surface area contributed by atoms with Crippen LogP contribution in [0.4, 0.5) is 0 Å². The summed E-state index contributed by atoms with van der Waals surface area (Å²) in [5.41, 5.74) is 4.46. The summed E-state index contributed by atoms with van der Waals surface area (Å²) in [6.45, 7) is 0. The molecule has 0 saturated heterocycles. The van der Waals surface area contributed by atoms with Crippen LogP contribution < -0.4 is 0 Å². The molecular formula is C14H17ClS. The van der Waals surface area contributed by atoms with Crippen LogP contribution in [0.5, 0.6) is 0 Å². The molecule has 0 N–H and O–H groups in total. The Kier molecular flexibility index (Phi) is 2.38. The van der Waals surface area contributed by atoms with Crippen molar-refractivity contribution in [1.82, 2.24) is 0 Å². The third kappa shape index (κ3) is 1.70. The molecule has 3 rings (SSSR count). The molecule has 1 unspecified atom stereocenters. The van der Waals surface area contributed by atoms with Gasteiger partial charge >= 0.3 is 0 Å². The minimum absolute atomic E-state index is 0.498. The molecule has 86 valence electrons. The van der Waals surface area contributed by atoms with Crippen LogP contribution in [0.1, 0.15) is 29.2 Å². The molecule has 0 amide bonds. The molecule has 2 aliphatic carbocycles. The van der Waals surface area contributed by atoms with Gasteiger partial charge in [0, 0.05) is 5.25 Å². The zero-order valence-corrected chi connectivity index (χ0v) is 11.3. The van der Waals surface area contributed by atoms with Gasteiger partial charge in [-0.1, -0.05) is 41.0 Å². The molecule has 0 radical (unpaired) electrons. The summed E-state index contributed by atoms with van der Waals surface area (Å²) in [5, 5.41) is 0.498. The SMILES string of the molecule is CS(C)(Cl)C1C(C2CC2)=Cc2ccccc21. The lowest BCUT2D eigenvalue weighted by Gasteiger charge is -2.33. The Balaban J connectivity index is 2.09. The van der Waals surface area contributed by atoms with Gasteiger partial charge in [-0.05, 0) is 48.0 Å². The minimum atomic E-state index is -1.07. The highest BCUT2D eigenvalue weighted by Gasteiger charge is 2.40. The summed E-state index contributed by atoms with van der Waals surface area (Å²) in [6.07, 6.45) is 9.56. The zero-order chi connectivity index (χ0) is 11.3. The van der Waals surface area contributed by atoms with Crippen LogP contribution in [-0.4, -0.2) is 12.5 Å². The molecule has 1 aromatic rings. The van der Waals surface area contributed by atoms with Gasteiger partial charge in [0.2, 0.25) is 0 Å². The lowest BCUT2D eigenvalue weighted by molar-refractivity contribution is 0.944. The van der Waals surface area contributed by atoms with E-state index in [9.17, 15) is 0 Å². The molecular weight excluding hydrogens is 236 g/mol. The van der Waals surface area contributed by atoms with Crippen molar-refractivity contribution in [1.29, 1.82) is 0 Å². The van der Waals surface area contributed by atoms with Crippen molar-refractivity contribution in [3.63, 3.8) is 0 Å². The monoisotopic (exact) mass is 252 g/mol. The molecule has 16 heavy (non-hydrogen) atoms. The normalized spacial score (nSPS) is 25.2. The summed E-state index contributed by atoms with van der Waals surface area (Å²) >= 11 is 0.